The summed E-state index contributed by atoms with van der Waals surface area (Å²) in [5, 5.41) is 8.80. The van der Waals surface area contributed by atoms with Crippen molar-refractivity contribution < 1.29 is 9.53 Å². The lowest BCUT2D eigenvalue weighted by Crippen LogP contribution is -2.37. The molecule has 0 bridgehead atoms. The highest BCUT2D eigenvalue weighted by molar-refractivity contribution is 7.80. The third kappa shape index (κ3) is 6.56. The van der Waals surface area contributed by atoms with Crippen LogP contribution in [0.25, 0.3) is 10.1 Å². The van der Waals surface area contributed by atoms with Crippen molar-refractivity contribution in [1.29, 1.82) is 0 Å². The van der Waals surface area contributed by atoms with Crippen LogP contribution in [0.15, 0.2) is 18.2 Å². The van der Waals surface area contributed by atoms with Crippen LogP contribution in [0.3, 0.4) is 0 Å². The summed E-state index contributed by atoms with van der Waals surface area (Å²) in [6.07, 6.45) is 14.4. The van der Waals surface area contributed by atoms with E-state index in [-0.39, 0.29) is 0 Å². The molecule has 1 heterocycles. The number of esters is 1. The summed E-state index contributed by atoms with van der Waals surface area (Å²) in [5.74, 6) is -0.407. The van der Waals surface area contributed by atoms with E-state index in [1.807, 2.05) is 18.2 Å². The van der Waals surface area contributed by atoms with Gasteiger partial charge in [-0.2, -0.15) is 0 Å². The predicted octanol–water partition coefficient (Wildman–Crippen LogP) is 7.30. The smallest absolute Gasteiger partial charge is 0.349 e. The fourth-order valence-electron chi connectivity index (χ4n) is 4.03. The number of carbonyl (C=O) groups excluding carboxylic acids is 1. The van der Waals surface area contributed by atoms with Gasteiger partial charge in [-0.3, -0.25) is 0 Å². The standard InChI is InChI=1S/C23H31ClN2O2S2/c1-28-22(27)21-20(24)18-14-13-17(15-19(18)30-21)26-23(29)25-16-11-9-7-5-3-2-4-6-8-10-12-16/h13-16H,2-12H2,1H3,(H2,25,26,29). The fraction of sp³-hybridized carbons (Fsp3) is 0.565. The van der Waals surface area contributed by atoms with Gasteiger partial charge in [0.25, 0.3) is 0 Å². The Labute approximate surface area is 193 Å². The van der Waals surface area contributed by atoms with Crippen molar-refractivity contribution in [3.05, 3.63) is 28.1 Å². The second-order valence-electron chi connectivity index (χ2n) is 8.00. The second kappa shape index (κ2) is 11.9. The Balaban J connectivity index is 1.61. The molecule has 30 heavy (non-hydrogen) atoms. The van der Waals surface area contributed by atoms with Crippen LogP contribution >= 0.6 is 35.2 Å². The summed E-state index contributed by atoms with van der Waals surface area (Å²) in [4.78, 5) is 12.3. The highest BCUT2D eigenvalue weighted by Crippen LogP contribution is 2.37. The van der Waals surface area contributed by atoms with Crippen molar-refractivity contribution in [2.75, 3.05) is 12.4 Å². The third-order valence-corrected chi connectivity index (χ3v) is 7.56. The van der Waals surface area contributed by atoms with Crippen molar-refractivity contribution in [3.63, 3.8) is 0 Å². The van der Waals surface area contributed by atoms with Gasteiger partial charge in [-0.15, -0.1) is 11.3 Å². The van der Waals surface area contributed by atoms with E-state index >= 15 is 0 Å². The topological polar surface area (TPSA) is 50.4 Å². The van der Waals surface area contributed by atoms with Crippen molar-refractivity contribution in [2.24, 2.45) is 0 Å². The molecule has 2 N–H and O–H groups in total. The minimum absolute atomic E-state index is 0.407. The van der Waals surface area contributed by atoms with Crippen LogP contribution in [0.2, 0.25) is 5.02 Å². The number of ether oxygens (including phenoxy) is 1. The molecule has 164 valence electrons. The number of anilines is 1. The molecule has 0 atom stereocenters. The van der Waals surface area contributed by atoms with Crippen LogP contribution in [-0.2, 0) is 4.74 Å². The summed E-state index contributed by atoms with van der Waals surface area (Å²) in [6.45, 7) is 0. The molecule has 4 nitrogen and oxygen atoms in total. The average molecular weight is 467 g/mol. The SMILES string of the molecule is COC(=O)c1sc2cc(NC(=S)NC3CCCCCCCCCCC3)ccc2c1Cl. The number of hydrogen-bond acceptors (Lipinski definition) is 4. The van der Waals surface area contributed by atoms with Gasteiger partial charge >= 0.3 is 5.97 Å². The number of fused-ring (bicyclic) bond motifs is 1. The first kappa shape index (κ1) is 23.3. The Morgan fingerprint density at radius 3 is 2.27 bits per heavy atom. The van der Waals surface area contributed by atoms with Gasteiger partial charge in [-0.1, -0.05) is 69.4 Å². The molecule has 1 aromatic heterocycles. The van der Waals surface area contributed by atoms with Crippen LogP contribution in [0, 0.1) is 0 Å². The zero-order valence-electron chi connectivity index (χ0n) is 17.6. The maximum atomic E-state index is 11.9. The number of nitrogens with one attached hydrogen (secondary N) is 2. The van der Waals surface area contributed by atoms with E-state index in [4.69, 9.17) is 28.6 Å². The molecule has 0 saturated heterocycles. The maximum Gasteiger partial charge on any atom is 0.349 e. The van der Waals surface area contributed by atoms with Gasteiger partial charge in [-0.05, 0) is 43.3 Å². The Morgan fingerprint density at radius 1 is 1.07 bits per heavy atom. The first-order valence-corrected chi connectivity index (χ1v) is 12.6. The molecule has 1 saturated carbocycles. The Bertz CT molecular complexity index is 856. The highest BCUT2D eigenvalue weighted by Gasteiger charge is 2.18. The van der Waals surface area contributed by atoms with Gasteiger partial charge in [0.1, 0.15) is 4.88 Å². The molecule has 1 aromatic carbocycles. The number of benzene rings is 1. The Hall–Kier alpha value is -1.37. The molecular weight excluding hydrogens is 436 g/mol. The molecule has 0 aliphatic heterocycles. The molecule has 1 aliphatic rings. The van der Waals surface area contributed by atoms with Gasteiger partial charge in [0.2, 0.25) is 0 Å². The molecule has 3 rings (SSSR count). The van der Waals surface area contributed by atoms with Crippen molar-refractivity contribution in [2.45, 2.75) is 76.7 Å². The van der Waals surface area contributed by atoms with Crippen LogP contribution in [-0.4, -0.2) is 24.2 Å². The lowest BCUT2D eigenvalue weighted by Gasteiger charge is -2.21. The van der Waals surface area contributed by atoms with E-state index in [1.54, 1.807) is 0 Å². The van der Waals surface area contributed by atoms with Crippen molar-refractivity contribution >= 4 is 62.0 Å². The molecule has 7 heteroatoms. The lowest BCUT2D eigenvalue weighted by atomic mass is 9.98. The number of thiocarbonyl (C=S) groups is 1. The van der Waals surface area contributed by atoms with Gasteiger partial charge in [0.05, 0.1) is 12.1 Å². The van der Waals surface area contributed by atoms with E-state index in [9.17, 15) is 4.79 Å². The van der Waals surface area contributed by atoms with Gasteiger partial charge in [0.15, 0.2) is 5.11 Å². The number of hydrogen-bond donors (Lipinski definition) is 2. The number of halogens is 1. The number of methoxy groups -OCH3 is 1. The summed E-state index contributed by atoms with van der Waals surface area (Å²) >= 11 is 13.3. The zero-order chi connectivity index (χ0) is 21.3. The molecule has 1 fully saturated rings. The largest absolute Gasteiger partial charge is 0.465 e. The molecule has 1 aliphatic carbocycles. The summed E-state index contributed by atoms with van der Waals surface area (Å²) in [7, 11) is 1.36. The summed E-state index contributed by atoms with van der Waals surface area (Å²) < 4.78 is 5.75. The third-order valence-electron chi connectivity index (χ3n) is 5.70. The van der Waals surface area contributed by atoms with Gasteiger partial charge < -0.3 is 15.4 Å². The molecule has 2 aromatic rings. The molecular formula is C23H31ClN2O2S2. The van der Waals surface area contributed by atoms with Crippen molar-refractivity contribution in [3.8, 4) is 0 Å². The summed E-state index contributed by atoms with van der Waals surface area (Å²) in [6, 6.07) is 6.27. The minimum atomic E-state index is -0.407. The van der Waals surface area contributed by atoms with Crippen LogP contribution in [0.4, 0.5) is 5.69 Å². The predicted molar refractivity (Wildman–Crippen MR) is 132 cm³/mol. The number of rotatable bonds is 3. The molecule has 0 radical (unpaired) electrons. The summed E-state index contributed by atoms with van der Waals surface area (Å²) in [5.41, 5.74) is 0.891. The molecule has 0 amide bonds. The van der Waals surface area contributed by atoms with Crippen LogP contribution in [0.5, 0.6) is 0 Å². The molecule has 0 spiro atoms. The van der Waals surface area contributed by atoms with Crippen LogP contribution in [0.1, 0.15) is 80.3 Å². The Morgan fingerprint density at radius 2 is 1.67 bits per heavy atom. The first-order chi connectivity index (χ1) is 14.6. The van der Waals surface area contributed by atoms with E-state index in [0.717, 1.165) is 15.8 Å². The van der Waals surface area contributed by atoms with Crippen LogP contribution < -0.4 is 10.6 Å². The van der Waals surface area contributed by atoms with E-state index in [2.05, 4.69) is 10.6 Å². The number of thiophene rings is 1. The quantitative estimate of drug-likeness (QED) is 0.367. The normalized spacial score (nSPS) is 17.0. The first-order valence-electron chi connectivity index (χ1n) is 11.0. The van der Waals surface area contributed by atoms with E-state index in [1.165, 1.54) is 89.1 Å². The maximum absolute atomic E-state index is 11.9. The monoisotopic (exact) mass is 466 g/mol. The zero-order valence-corrected chi connectivity index (χ0v) is 20.0. The van der Waals surface area contributed by atoms with Gasteiger partial charge in [-0.25, -0.2) is 4.79 Å². The van der Waals surface area contributed by atoms with E-state index in [0.29, 0.717) is 21.1 Å². The minimum Gasteiger partial charge on any atom is -0.465 e. The van der Waals surface area contributed by atoms with Crippen molar-refractivity contribution in [1.82, 2.24) is 5.32 Å². The Kier molecular flexibility index (Phi) is 9.22. The van der Waals surface area contributed by atoms with E-state index < -0.39 is 5.97 Å². The molecule has 0 unspecified atom stereocenters. The lowest BCUT2D eigenvalue weighted by molar-refractivity contribution is 0.0606. The van der Waals surface area contributed by atoms with Gasteiger partial charge in [0, 0.05) is 21.8 Å². The second-order valence-corrected chi connectivity index (χ2v) is 9.84. The highest BCUT2D eigenvalue weighted by atomic mass is 35.5. The number of carbonyl (C=O) groups is 1. The average Bonchev–Trinajstić information content (AvgIpc) is 3.05. The fourth-order valence-corrected chi connectivity index (χ4v) is 5.78.